The molecule has 5 heteroatoms. The zero-order chi connectivity index (χ0) is 14.0. The van der Waals surface area contributed by atoms with Crippen molar-refractivity contribution in [3.63, 3.8) is 0 Å². The molecule has 1 aromatic heterocycles. The van der Waals surface area contributed by atoms with E-state index in [0.29, 0.717) is 12.0 Å². The van der Waals surface area contributed by atoms with Crippen LogP contribution in [-0.4, -0.2) is 28.6 Å². The number of pyridine rings is 1. The van der Waals surface area contributed by atoms with Crippen LogP contribution in [0.3, 0.4) is 0 Å². The Hall–Kier alpha value is -1.78. The normalized spacial score (nSPS) is 24.6. The van der Waals surface area contributed by atoms with Crippen LogP contribution in [0.15, 0.2) is 17.4 Å². The lowest BCUT2D eigenvalue weighted by Gasteiger charge is -2.39. The van der Waals surface area contributed by atoms with Crippen molar-refractivity contribution in [3.8, 4) is 0 Å². The molecule has 2 rings (SSSR count). The Balaban J connectivity index is 2.47. The number of anilines is 1. The molecule has 19 heavy (non-hydrogen) atoms. The molecule has 1 aromatic rings. The fraction of sp³-hybridized carbons (Fsp3) is 0.571. The van der Waals surface area contributed by atoms with Gasteiger partial charge in [-0.15, -0.1) is 0 Å². The smallest absolute Gasteiger partial charge is 0.174 e. The Kier molecular flexibility index (Phi) is 3.93. The van der Waals surface area contributed by atoms with Crippen molar-refractivity contribution in [2.45, 2.75) is 39.7 Å². The monoisotopic (exact) mass is 262 g/mol. The minimum absolute atomic E-state index is 0.131. The molecule has 0 aromatic carbocycles. The number of oxime groups is 1. The minimum Gasteiger partial charge on any atom is -0.409 e. The predicted molar refractivity (Wildman–Crippen MR) is 76.7 cm³/mol. The summed E-state index contributed by atoms with van der Waals surface area (Å²) in [6.45, 7) is 7.39. The average Bonchev–Trinajstić information content (AvgIpc) is 2.41. The number of piperidine rings is 1. The van der Waals surface area contributed by atoms with E-state index in [9.17, 15) is 0 Å². The standard InChI is InChI=1S/C14H22N4O/c1-9-5-4-8-18(11(9)3)14-12(13(15)17-19)10(2)6-7-16-14/h6-7,9,11,19H,4-5,8H2,1-3H3,(H2,15,17). The van der Waals surface area contributed by atoms with Crippen LogP contribution in [-0.2, 0) is 0 Å². The summed E-state index contributed by atoms with van der Waals surface area (Å²) in [5.41, 5.74) is 7.54. The van der Waals surface area contributed by atoms with E-state index in [1.54, 1.807) is 6.20 Å². The third kappa shape index (κ3) is 2.50. The number of nitrogens with two attached hydrogens (primary N) is 1. The first kappa shape index (κ1) is 13.6. The van der Waals surface area contributed by atoms with E-state index in [2.05, 4.69) is 28.9 Å². The molecule has 2 unspecified atom stereocenters. The number of aromatic nitrogens is 1. The van der Waals surface area contributed by atoms with Crippen molar-refractivity contribution in [1.82, 2.24) is 4.98 Å². The van der Waals surface area contributed by atoms with Crippen LogP contribution in [0.4, 0.5) is 5.82 Å². The summed E-state index contributed by atoms with van der Waals surface area (Å²) in [6.07, 6.45) is 4.17. The van der Waals surface area contributed by atoms with Gasteiger partial charge in [-0.2, -0.15) is 0 Å². The first-order chi connectivity index (χ1) is 9.06. The summed E-state index contributed by atoms with van der Waals surface area (Å²) in [7, 11) is 0. The highest BCUT2D eigenvalue weighted by atomic mass is 16.4. The van der Waals surface area contributed by atoms with Gasteiger partial charge in [-0.3, -0.25) is 0 Å². The van der Waals surface area contributed by atoms with E-state index >= 15 is 0 Å². The molecular weight excluding hydrogens is 240 g/mol. The van der Waals surface area contributed by atoms with Gasteiger partial charge in [0, 0.05) is 18.8 Å². The van der Waals surface area contributed by atoms with E-state index in [1.165, 1.54) is 6.42 Å². The molecule has 0 spiro atoms. The minimum atomic E-state index is 0.131. The second kappa shape index (κ2) is 5.47. The van der Waals surface area contributed by atoms with Crippen molar-refractivity contribution < 1.29 is 5.21 Å². The summed E-state index contributed by atoms with van der Waals surface area (Å²) in [5.74, 6) is 1.58. The van der Waals surface area contributed by atoms with Gasteiger partial charge in [-0.25, -0.2) is 4.98 Å². The SMILES string of the molecule is Cc1ccnc(N2CCCC(C)C2C)c1/C(N)=N/O. The number of nitrogens with zero attached hydrogens (tertiary/aromatic N) is 3. The van der Waals surface area contributed by atoms with Crippen LogP contribution < -0.4 is 10.6 Å². The van der Waals surface area contributed by atoms with Gasteiger partial charge in [-0.1, -0.05) is 12.1 Å². The number of rotatable bonds is 2. The molecule has 2 heterocycles. The maximum Gasteiger partial charge on any atom is 0.174 e. The second-order valence-electron chi connectivity index (χ2n) is 5.37. The lowest BCUT2D eigenvalue weighted by atomic mass is 9.91. The maximum absolute atomic E-state index is 8.97. The van der Waals surface area contributed by atoms with Crippen molar-refractivity contribution in [2.75, 3.05) is 11.4 Å². The Morgan fingerprint density at radius 3 is 2.95 bits per heavy atom. The van der Waals surface area contributed by atoms with Gasteiger partial charge in [0.25, 0.3) is 0 Å². The number of aryl methyl sites for hydroxylation is 1. The van der Waals surface area contributed by atoms with Gasteiger partial charge in [0.15, 0.2) is 5.84 Å². The molecule has 5 nitrogen and oxygen atoms in total. The van der Waals surface area contributed by atoms with Crippen LogP contribution in [0.5, 0.6) is 0 Å². The Morgan fingerprint density at radius 1 is 1.53 bits per heavy atom. The van der Waals surface area contributed by atoms with Crippen LogP contribution in [0.2, 0.25) is 0 Å². The van der Waals surface area contributed by atoms with Crippen LogP contribution in [0.1, 0.15) is 37.8 Å². The van der Waals surface area contributed by atoms with Gasteiger partial charge in [0.05, 0.1) is 5.56 Å². The fourth-order valence-corrected chi connectivity index (χ4v) is 2.76. The molecule has 1 saturated heterocycles. The molecule has 0 saturated carbocycles. The number of hydrogen-bond acceptors (Lipinski definition) is 4. The molecule has 1 aliphatic rings. The predicted octanol–water partition coefficient (Wildman–Crippen LogP) is 2.11. The van der Waals surface area contributed by atoms with Crippen molar-refractivity contribution >= 4 is 11.7 Å². The fourth-order valence-electron chi connectivity index (χ4n) is 2.76. The Labute approximate surface area is 114 Å². The highest BCUT2D eigenvalue weighted by molar-refractivity contribution is 6.02. The third-order valence-corrected chi connectivity index (χ3v) is 4.15. The summed E-state index contributed by atoms with van der Waals surface area (Å²) in [6, 6.07) is 2.29. The second-order valence-corrected chi connectivity index (χ2v) is 5.37. The summed E-state index contributed by atoms with van der Waals surface area (Å²) >= 11 is 0. The van der Waals surface area contributed by atoms with E-state index < -0.39 is 0 Å². The molecule has 0 bridgehead atoms. The highest BCUT2D eigenvalue weighted by Crippen LogP contribution is 2.30. The van der Waals surface area contributed by atoms with E-state index in [0.717, 1.165) is 29.9 Å². The molecule has 3 N–H and O–H groups in total. The quantitative estimate of drug-likeness (QED) is 0.370. The van der Waals surface area contributed by atoms with Gasteiger partial charge < -0.3 is 15.8 Å². The molecule has 104 valence electrons. The van der Waals surface area contributed by atoms with E-state index in [1.807, 2.05) is 13.0 Å². The molecule has 2 atom stereocenters. The molecule has 1 aliphatic heterocycles. The van der Waals surface area contributed by atoms with Crippen LogP contribution in [0.25, 0.3) is 0 Å². The largest absolute Gasteiger partial charge is 0.409 e. The van der Waals surface area contributed by atoms with Gasteiger partial charge in [0.1, 0.15) is 5.82 Å². The lowest BCUT2D eigenvalue weighted by Crippen LogP contribution is -2.44. The average molecular weight is 262 g/mol. The van der Waals surface area contributed by atoms with E-state index in [-0.39, 0.29) is 5.84 Å². The molecule has 1 fully saturated rings. The Bertz CT molecular complexity index is 486. The zero-order valence-corrected chi connectivity index (χ0v) is 11.8. The van der Waals surface area contributed by atoms with Crippen molar-refractivity contribution in [3.05, 3.63) is 23.4 Å². The number of amidine groups is 1. The highest BCUT2D eigenvalue weighted by Gasteiger charge is 2.28. The van der Waals surface area contributed by atoms with Gasteiger partial charge in [0.2, 0.25) is 0 Å². The lowest BCUT2D eigenvalue weighted by molar-refractivity contribution is 0.318. The molecule has 0 aliphatic carbocycles. The topological polar surface area (TPSA) is 74.7 Å². The maximum atomic E-state index is 8.97. The third-order valence-electron chi connectivity index (χ3n) is 4.15. The number of hydrogen-bond donors (Lipinski definition) is 2. The molecular formula is C14H22N4O. The first-order valence-electron chi connectivity index (χ1n) is 6.76. The first-order valence-corrected chi connectivity index (χ1v) is 6.76. The van der Waals surface area contributed by atoms with Crippen LogP contribution >= 0.6 is 0 Å². The summed E-state index contributed by atoms with van der Waals surface area (Å²) in [4.78, 5) is 6.74. The van der Waals surface area contributed by atoms with E-state index in [4.69, 9.17) is 10.9 Å². The Morgan fingerprint density at radius 2 is 2.26 bits per heavy atom. The summed E-state index contributed by atoms with van der Waals surface area (Å²) < 4.78 is 0. The van der Waals surface area contributed by atoms with Crippen molar-refractivity contribution in [2.24, 2.45) is 16.8 Å². The molecule has 0 amide bonds. The van der Waals surface area contributed by atoms with Crippen LogP contribution in [0, 0.1) is 12.8 Å². The van der Waals surface area contributed by atoms with Gasteiger partial charge >= 0.3 is 0 Å². The van der Waals surface area contributed by atoms with Gasteiger partial charge in [-0.05, 0) is 44.2 Å². The summed E-state index contributed by atoms with van der Waals surface area (Å²) in [5, 5.41) is 12.1. The molecule has 0 radical (unpaired) electrons. The van der Waals surface area contributed by atoms with Crippen molar-refractivity contribution in [1.29, 1.82) is 0 Å². The zero-order valence-electron chi connectivity index (χ0n) is 11.8.